The van der Waals surface area contributed by atoms with E-state index in [0.29, 0.717) is 24.3 Å². The van der Waals surface area contributed by atoms with Gasteiger partial charge in [0.05, 0.1) is 0 Å². The van der Waals surface area contributed by atoms with Gasteiger partial charge in [0.2, 0.25) is 0 Å². The first-order chi connectivity index (χ1) is 9.15. The molecule has 1 heterocycles. The lowest BCUT2D eigenvalue weighted by Crippen LogP contribution is -2.51. The molecule has 0 saturated carbocycles. The molecule has 1 aliphatic heterocycles. The minimum atomic E-state index is -0.884. The molecule has 0 aromatic heterocycles. The van der Waals surface area contributed by atoms with Crippen LogP contribution in [0.2, 0.25) is 0 Å². The van der Waals surface area contributed by atoms with Gasteiger partial charge in [-0.05, 0) is 55.3 Å². The number of piperidine rings is 1. The number of aliphatic hydroxyl groups is 1. The highest BCUT2D eigenvalue weighted by Gasteiger charge is 2.45. The van der Waals surface area contributed by atoms with Crippen LogP contribution in [0.25, 0.3) is 0 Å². The van der Waals surface area contributed by atoms with Crippen LogP contribution in [-0.4, -0.2) is 17.7 Å². The van der Waals surface area contributed by atoms with Crippen molar-refractivity contribution in [2.45, 2.75) is 50.7 Å². The van der Waals surface area contributed by atoms with Gasteiger partial charge in [-0.3, -0.25) is 0 Å². The van der Waals surface area contributed by atoms with E-state index in [4.69, 9.17) is 0 Å². The second kappa shape index (κ2) is 4.88. The van der Waals surface area contributed by atoms with Gasteiger partial charge in [-0.1, -0.05) is 25.5 Å². The molecule has 1 aliphatic carbocycles. The average Bonchev–Trinajstić information content (AvgIpc) is 2.80. The number of benzene rings is 1. The van der Waals surface area contributed by atoms with Crippen LogP contribution in [-0.2, 0) is 12.0 Å². The smallest absolute Gasteiger partial charge is 0.126 e. The van der Waals surface area contributed by atoms with Crippen LogP contribution in [0, 0.1) is 11.7 Å². The molecular weight excluding hydrogens is 241 g/mol. The fourth-order valence-corrected chi connectivity index (χ4v) is 3.76. The molecule has 104 valence electrons. The van der Waals surface area contributed by atoms with Gasteiger partial charge in [0.1, 0.15) is 11.4 Å². The molecule has 1 aromatic carbocycles. The Labute approximate surface area is 114 Å². The first-order valence-corrected chi connectivity index (χ1v) is 7.38. The lowest BCUT2D eigenvalue weighted by Gasteiger charge is -2.40. The Kier molecular flexibility index (Phi) is 3.35. The summed E-state index contributed by atoms with van der Waals surface area (Å²) in [6, 6.07) is 5.16. The van der Waals surface area contributed by atoms with Crippen molar-refractivity contribution in [3.63, 3.8) is 0 Å². The standard InChI is InChI=1S/C16H22FNO/c1-2-11-7-9-18-15(10-11)16(19)8-6-12-13(16)4-3-5-14(12)17/h3-5,11,15,18-19H,2,6-10H2,1H3. The van der Waals surface area contributed by atoms with E-state index in [0.717, 1.165) is 24.9 Å². The zero-order valence-electron chi connectivity index (χ0n) is 11.5. The van der Waals surface area contributed by atoms with E-state index in [1.54, 1.807) is 6.07 Å². The third kappa shape index (κ3) is 2.09. The van der Waals surface area contributed by atoms with Crippen molar-refractivity contribution in [1.29, 1.82) is 0 Å². The van der Waals surface area contributed by atoms with Crippen molar-refractivity contribution in [3.8, 4) is 0 Å². The molecule has 1 fully saturated rings. The molecule has 0 amide bonds. The normalized spacial score (nSPS) is 34.3. The van der Waals surface area contributed by atoms with Crippen molar-refractivity contribution in [2.75, 3.05) is 6.54 Å². The quantitative estimate of drug-likeness (QED) is 0.860. The second-order valence-electron chi connectivity index (χ2n) is 6.00. The lowest BCUT2D eigenvalue weighted by molar-refractivity contribution is -0.0184. The molecule has 1 saturated heterocycles. The molecular formula is C16H22FNO. The summed E-state index contributed by atoms with van der Waals surface area (Å²) >= 11 is 0. The Morgan fingerprint density at radius 2 is 2.32 bits per heavy atom. The van der Waals surface area contributed by atoms with E-state index >= 15 is 0 Å². The Bertz CT molecular complexity index is 476. The maximum absolute atomic E-state index is 13.8. The van der Waals surface area contributed by atoms with E-state index in [9.17, 15) is 9.50 Å². The summed E-state index contributed by atoms with van der Waals surface area (Å²) in [4.78, 5) is 0. The summed E-state index contributed by atoms with van der Waals surface area (Å²) in [7, 11) is 0. The molecule has 1 aromatic rings. The fraction of sp³-hybridized carbons (Fsp3) is 0.625. The zero-order valence-corrected chi connectivity index (χ0v) is 11.5. The fourth-order valence-electron chi connectivity index (χ4n) is 3.76. The van der Waals surface area contributed by atoms with E-state index in [2.05, 4.69) is 12.2 Å². The predicted molar refractivity (Wildman–Crippen MR) is 73.4 cm³/mol. The number of nitrogens with one attached hydrogen (secondary N) is 1. The van der Waals surface area contributed by atoms with E-state index < -0.39 is 5.60 Å². The van der Waals surface area contributed by atoms with Crippen LogP contribution >= 0.6 is 0 Å². The number of hydrogen-bond donors (Lipinski definition) is 2. The maximum atomic E-state index is 13.8. The second-order valence-corrected chi connectivity index (χ2v) is 6.00. The number of rotatable bonds is 2. The lowest BCUT2D eigenvalue weighted by atomic mass is 9.79. The van der Waals surface area contributed by atoms with Crippen molar-refractivity contribution >= 4 is 0 Å². The van der Waals surface area contributed by atoms with Crippen molar-refractivity contribution in [3.05, 3.63) is 35.1 Å². The summed E-state index contributed by atoms with van der Waals surface area (Å²) in [6.45, 7) is 3.16. The monoisotopic (exact) mass is 263 g/mol. The topological polar surface area (TPSA) is 32.3 Å². The number of hydrogen-bond acceptors (Lipinski definition) is 2. The first-order valence-electron chi connectivity index (χ1n) is 7.38. The highest BCUT2D eigenvalue weighted by atomic mass is 19.1. The van der Waals surface area contributed by atoms with Crippen molar-refractivity contribution in [2.24, 2.45) is 5.92 Å². The largest absolute Gasteiger partial charge is 0.384 e. The summed E-state index contributed by atoms with van der Waals surface area (Å²) < 4.78 is 13.8. The molecule has 3 heteroatoms. The highest BCUT2D eigenvalue weighted by molar-refractivity contribution is 5.39. The van der Waals surface area contributed by atoms with Crippen molar-refractivity contribution in [1.82, 2.24) is 5.32 Å². The molecule has 19 heavy (non-hydrogen) atoms. The van der Waals surface area contributed by atoms with Gasteiger partial charge >= 0.3 is 0 Å². The number of halogens is 1. The van der Waals surface area contributed by atoms with Gasteiger partial charge in [-0.25, -0.2) is 4.39 Å². The third-order valence-corrected chi connectivity index (χ3v) is 5.01. The molecule has 3 rings (SSSR count). The van der Waals surface area contributed by atoms with Gasteiger partial charge in [0, 0.05) is 6.04 Å². The van der Waals surface area contributed by atoms with Crippen LogP contribution in [0.15, 0.2) is 18.2 Å². The van der Waals surface area contributed by atoms with E-state index in [-0.39, 0.29) is 11.9 Å². The highest BCUT2D eigenvalue weighted by Crippen LogP contribution is 2.43. The molecule has 3 unspecified atom stereocenters. The van der Waals surface area contributed by atoms with Gasteiger partial charge in [0.15, 0.2) is 0 Å². The molecule has 3 atom stereocenters. The first kappa shape index (κ1) is 13.1. The van der Waals surface area contributed by atoms with E-state index in [1.165, 1.54) is 12.5 Å². The minimum absolute atomic E-state index is 0.0641. The summed E-state index contributed by atoms with van der Waals surface area (Å²) in [5.41, 5.74) is 0.637. The Hall–Kier alpha value is -0.930. The predicted octanol–water partition coefficient (Wildman–Crippen LogP) is 2.74. The van der Waals surface area contributed by atoms with Crippen LogP contribution < -0.4 is 5.32 Å². The third-order valence-electron chi connectivity index (χ3n) is 5.01. The maximum Gasteiger partial charge on any atom is 0.126 e. The SMILES string of the molecule is CCC1CCNC(C2(O)CCc3c(F)cccc32)C1. The zero-order chi connectivity index (χ0) is 13.5. The van der Waals surface area contributed by atoms with Crippen LogP contribution in [0.3, 0.4) is 0 Å². The summed E-state index contributed by atoms with van der Waals surface area (Å²) in [5, 5.41) is 14.5. The minimum Gasteiger partial charge on any atom is -0.384 e. The van der Waals surface area contributed by atoms with Gasteiger partial charge in [-0.2, -0.15) is 0 Å². The van der Waals surface area contributed by atoms with Crippen molar-refractivity contribution < 1.29 is 9.50 Å². The average molecular weight is 263 g/mol. The van der Waals surface area contributed by atoms with E-state index in [1.807, 2.05) is 6.07 Å². The van der Waals surface area contributed by atoms with Gasteiger partial charge in [0.25, 0.3) is 0 Å². The van der Waals surface area contributed by atoms with Gasteiger partial charge in [-0.15, -0.1) is 0 Å². The van der Waals surface area contributed by atoms with Crippen LogP contribution in [0.5, 0.6) is 0 Å². The molecule has 0 bridgehead atoms. The van der Waals surface area contributed by atoms with Crippen LogP contribution in [0.1, 0.15) is 43.7 Å². The molecule has 2 N–H and O–H groups in total. The number of fused-ring (bicyclic) bond motifs is 1. The molecule has 2 nitrogen and oxygen atoms in total. The Balaban J connectivity index is 1.91. The van der Waals surface area contributed by atoms with Crippen LogP contribution in [0.4, 0.5) is 4.39 Å². The molecule has 0 radical (unpaired) electrons. The Morgan fingerprint density at radius 3 is 3.11 bits per heavy atom. The summed E-state index contributed by atoms with van der Waals surface area (Å²) in [6.07, 6.45) is 4.61. The van der Waals surface area contributed by atoms with Gasteiger partial charge < -0.3 is 10.4 Å². The molecule has 0 spiro atoms. The molecule has 2 aliphatic rings. The summed E-state index contributed by atoms with van der Waals surface area (Å²) in [5.74, 6) is 0.504. The Morgan fingerprint density at radius 1 is 1.47 bits per heavy atom.